The van der Waals surface area contributed by atoms with Crippen molar-refractivity contribution in [1.29, 1.82) is 0 Å². The Morgan fingerprint density at radius 1 is 0.654 bits per heavy atom. The minimum atomic E-state index is -1.38. The lowest BCUT2D eigenvalue weighted by atomic mass is 9.95. The van der Waals surface area contributed by atoms with Gasteiger partial charge in [0.25, 0.3) is 0 Å². The van der Waals surface area contributed by atoms with E-state index in [-0.39, 0.29) is 7.47 Å². The molecule has 0 nitrogen and oxygen atoms in total. The second kappa shape index (κ2) is 6.65. The smallest absolute Gasteiger partial charge is 0.0715 e. The van der Waals surface area contributed by atoms with Crippen LogP contribution in [0.2, 0.25) is 58.9 Å². The highest BCUT2D eigenvalue weighted by molar-refractivity contribution is 8.36. The van der Waals surface area contributed by atoms with E-state index in [4.69, 9.17) is 0 Å². The predicted octanol–water partition coefficient (Wildman–Crippen LogP) is 8.09. The summed E-state index contributed by atoms with van der Waals surface area (Å²) in [4.78, 5) is 0. The Balaban J connectivity index is 2.79. The normalized spacial score (nSPS) is 19.8. The van der Waals surface area contributed by atoms with E-state index in [0.29, 0.717) is 5.41 Å². The Morgan fingerprint density at radius 3 is 1.35 bits per heavy atom. The zero-order valence-corrected chi connectivity index (χ0v) is 24.2. The van der Waals surface area contributed by atoms with Crippen molar-refractivity contribution in [1.82, 2.24) is 0 Å². The second-order valence-corrected chi connectivity index (χ2v) is 60.5. The Labute approximate surface area is 167 Å². The Bertz CT molecular complexity index is 659. The van der Waals surface area contributed by atoms with Crippen molar-refractivity contribution in [2.75, 3.05) is 0 Å². The summed E-state index contributed by atoms with van der Waals surface area (Å²) in [6, 6.07) is 11.4. The first-order chi connectivity index (χ1) is 11.5. The zero-order valence-electron chi connectivity index (χ0n) is 19.3. The molecule has 1 aliphatic heterocycles. The van der Waals surface area contributed by atoms with Crippen LogP contribution in [0.25, 0.3) is 5.31 Å². The molecule has 0 N–H and O–H groups in total. The molecule has 0 bridgehead atoms. The first-order valence-electron chi connectivity index (χ1n) is 10.1. The molecule has 0 aromatic heterocycles. The molecule has 1 atom stereocenters. The van der Waals surface area contributed by atoms with Crippen LogP contribution in [-0.4, -0.2) is 29.1 Å². The molecule has 26 heavy (non-hydrogen) atoms. The maximum absolute atomic E-state index is 2.75. The summed E-state index contributed by atoms with van der Waals surface area (Å²) >= 11 is 0. The quantitative estimate of drug-likeness (QED) is 0.323. The number of rotatable bonds is 5. The number of hydrogen-bond acceptors (Lipinski definition) is 0. The molecule has 0 spiro atoms. The summed E-state index contributed by atoms with van der Waals surface area (Å²) in [6.45, 7) is 32.2. The van der Waals surface area contributed by atoms with Gasteiger partial charge < -0.3 is 0 Å². The van der Waals surface area contributed by atoms with Gasteiger partial charge in [0, 0.05) is 22.8 Å². The van der Waals surface area contributed by atoms with E-state index in [1.54, 1.807) is 5.56 Å². The summed E-state index contributed by atoms with van der Waals surface area (Å²) in [7, 11) is -3.76. The van der Waals surface area contributed by atoms with Crippen LogP contribution < -0.4 is 0 Å². The fraction of sp³-hybridized carbons (Fsp3) is 0.619. The van der Waals surface area contributed by atoms with Crippen LogP contribution in [0.15, 0.2) is 35.6 Å². The van der Waals surface area contributed by atoms with Crippen molar-refractivity contribution >= 4 is 41.9 Å². The van der Waals surface area contributed by atoms with Gasteiger partial charge in [0.2, 0.25) is 0 Å². The molecule has 0 unspecified atom stereocenters. The summed E-state index contributed by atoms with van der Waals surface area (Å²) in [6.07, 6.45) is -1.38. The van der Waals surface area contributed by atoms with Crippen molar-refractivity contribution in [3.63, 3.8) is 0 Å². The highest BCUT2D eigenvalue weighted by atomic mass is 31.5. The zero-order chi connectivity index (χ0) is 20.3. The van der Waals surface area contributed by atoms with Crippen molar-refractivity contribution in [3.05, 3.63) is 41.2 Å². The topological polar surface area (TPSA) is 0 Å². The summed E-state index contributed by atoms with van der Waals surface area (Å²) in [5.41, 5.74) is 1.88. The third-order valence-corrected chi connectivity index (χ3v) is 103. The van der Waals surface area contributed by atoms with Crippen molar-refractivity contribution in [3.8, 4) is 0 Å². The van der Waals surface area contributed by atoms with Gasteiger partial charge in [-0.3, -0.25) is 0 Å². The highest BCUT2D eigenvalue weighted by Crippen LogP contribution is 2.85. The summed E-state index contributed by atoms with van der Waals surface area (Å²) in [5.74, 6) is 0. The average Bonchev–Trinajstić information content (AvgIpc) is 3.10. The maximum Gasteiger partial charge on any atom is 0.0731 e. The van der Waals surface area contributed by atoms with E-state index < -0.39 is 29.1 Å². The lowest BCUT2D eigenvalue weighted by molar-refractivity contribution is 0.540. The van der Waals surface area contributed by atoms with Gasteiger partial charge in [-0.05, 0) is 21.6 Å². The number of allylic oxidation sites excluding steroid dienone is 1. The molecule has 0 radical (unpaired) electrons. The molecular weight excluding hydrogens is 396 g/mol. The van der Waals surface area contributed by atoms with E-state index in [1.165, 1.54) is 0 Å². The van der Waals surface area contributed by atoms with Crippen LogP contribution in [0.3, 0.4) is 0 Å². The van der Waals surface area contributed by atoms with Gasteiger partial charge >= 0.3 is 0 Å². The minimum Gasteiger partial charge on any atom is -0.0715 e. The maximum atomic E-state index is 2.75. The van der Waals surface area contributed by atoms with Crippen LogP contribution >= 0.6 is 7.47 Å². The van der Waals surface area contributed by atoms with Gasteiger partial charge in [-0.25, -0.2) is 0 Å². The molecule has 0 amide bonds. The largest absolute Gasteiger partial charge is 0.0731 e. The molecule has 0 saturated carbocycles. The molecule has 1 heterocycles. The molecule has 1 aliphatic rings. The molecular formula is C21H41PSi4. The van der Waals surface area contributed by atoms with Crippen LogP contribution in [0.5, 0.6) is 0 Å². The van der Waals surface area contributed by atoms with Crippen molar-refractivity contribution < 1.29 is 0 Å². The first kappa shape index (κ1) is 22.5. The average molecular weight is 437 g/mol. The van der Waals surface area contributed by atoms with E-state index in [9.17, 15) is 0 Å². The van der Waals surface area contributed by atoms with Crippen LogP contribution in [0.1, 0.15) is 26.3 Å². The molecule has 0 fully saturated rings. The standard InChI is InChI=1S/C21H41PSi4/c1-21(2,3)20-19(18-16-14-13-15-17-18)22(20)26(23(4,5)6,24(7,8)9)25(10,11)12/h13-17H,1-12H3/t22-/m0/s1. The van der Waals surface area contributed by atoms with E-state index in [1.807, 2.05) is 10.6 Å². The predicted molar refractivity (Wildman–Crippen MR) is 136 cm³/mol. The lowest BCUT2D eigenvalue weighted by Gasteiger charge is -2.58. The van der Waals surface area contributed by atoms with E-state index >= 15 is 0 Å². The van der Waals surface area contributed by atoms with Gasteiger partial charge in [0.1, 0.15) is 0 Å². The minimum absolute atomic E-state index is 0.00386. The van der Waals surface area contributed by atoms with Crippen molar-refractivity contribution in [2.45, 2.75) is 79.7 Å². The van der Waals surface area contributed by atoms with Crippen molar-refractivity contribution in [2.24, 2.45) is 5.41 Å². The summed E-state index contributed by atoms with van der Waals surface area (Å²) < 4.78 is 0. The van der Waals surface area contributed by atoms with E-state index in [2.05, 4.69) is 110 Å². The van der Waals surface area contributed by atoms with Gasteiger partial charge in [0.15, 0.2) is 0 Å². The second-order valence-electron chi connectivity index (χ2n) is 12.1. The molecule has 5 heteroatoms. The third-order valence-electron chi connectivity index (χ3n) is 5.97. The van der Waals surface area contributed by atoms with Gasteiger partial charge in [-0.15, -0.1) is 0 Å². The molecule has 146 valence electrons. The SMILES string of the molecule is CC(C)(C)C1=C(c2ccccc2)[P@]1[Si]([Si](C)(C)C)([Si](C)(C)C)[Si](C)(C)C. The summed E-state index contributed by atoms with van der Waals surface area (Å²) in [5, 5.41) is 3.74. The number of benzene rings is 1. The van der Waals surface area contributed by atoms with Gasteiger partial charge in [0.05, 0.1) is 6.29 Å². The highest BCUT2D eigenvalue weighted by Gasteiger charge is 2.71. The Hall–Kier alpha value is 0.258. The Morgan fingerprint density at radius 2 is 1.04 bits per heavy atom. The molecule has 0 saturated heterocycles. The molecule has 1 aromatic rings. The van der Waals surface area contributed by atoms with Gasteiger partial charge in [-0.2, -0.15) is 0 Å². The van der Waals surface area contributed by atoms with Crippen LogP contribution in [0.4, 0.5) is 0 Å². The van der Waals surface area contributed by atoms with Gasteiger partial charge in [-0.1, -0.05) is 117 Å². The molecule has 1 aromatic carbocycles. The molecule has 2 rings (SSSR count). The third kappa shape index (κ3) is 3.50. The lowest BCUT2D eigenvalue weighted by Crippen LogP contribution is -2.80. The fourth-order valence-corrected chi connectivity index (χ4v) is 133. The monoisotopic (exact) mass is 436 g/mol. The first-order valence-corrected chi connectivity index (χ1v) is 27.8. The Kier molecular flexibility index (Phi) is 5.77. The number of hydrogen-bond donors (Lipinski definition) is 0. The van der Waals surface area contributed by atoms with Crippen LogP contribution in [-0.2, 0) is 0 Å². The van der Waals surface area contributed by atoms with Crippen LogP contribution in [0, 0.1) is 5.41 Å². The fourth-order valence-electron chi connectivity index (χ4n) is 6.43. The van der Waals surface area contributed by atoms with E-state index in [0.717, 1.165) is 0 Å². The molecule has 0 aliphatic carbocycles.